The number of hydrogen-bond acceptors (Lipinski definition) is 2. The van der Waals surface area contributed by atoms with Gasteiger partial charge >= 0.3 is 0 Å². The Balaban J connectivity index is 2.13. The summed E-state index contributed by atoms with van der Waals surface area (Å²) >= 11 is 1.83. The molecule has 2 rings (SSSR count). The largest absolute Gasteiger partial charge is 0.497 e. The lowest BCUT2D eigenvalue weighted by molar-refractivity contribution is 0.414. The van der Waals surface area contributed by atoms with Crippen molar-refractivity contribution in [2.45, 2.75) is 20.3 Å². The summed E-state index contributed by atoms with van der Waals surface area (Å²) in [6, 6.07) is 10.4. The number of methoxy groups -OCH3 is 1. The monoisotopic (exact) mass is 258 g/mol. The highest BCUT2D eigenvalue weighted by molar-refractivity contribution is 7.12. The van der Waals surface area contributed by atoms with Crippen LogP contribution < -0.4 is 4.74 Å². The van der Waals surface area contributed by atoms with Gasteiger partial charge < -0.3 is 4.74 Å². The highest BCUT2D eigenvalue weighted by atomic mass is 32.1. The predicted octanol–water partition coefficient (Wildman–Crippen LogP) is 4.63. The fourth-order valence-electron chi connectivity index (χ4n) is 2.07. The van der Waals surface area contributed by atoms with Crippen molar-refractivity contribution in [3.8, 4) is 5.75 Å². The van der Waals surface area contributed by atoms with Crippen LogP contribution in [-0.2, 0) is 6.42 Å². The maximum Gasteiger partial charge on any atom is 0.118 e. The molecule has 2 heteroatoms. The van der Waals surface area contributed by atoms with Gasteiger partial charge in [-0.2, -0.15) is 0 Å². The molecule has 18 heavy (non-hydrogen) atoms. The summed E-state index contributed by atoms with van der Waals surface area (Å²) in [4.78, 5) is 2.70. The molecule has 0 saturated carbocycles. The molecule has 1 aromatic heterocycles. The number of thiophene rings is 1. The molecular weight excluding hydrogens is 240 g/mol. The van der Waals surface area contributed by atoms with Gasteiger partial charge in [0.2, 0.25) is 0 Å². The highest BCUT2D eigenvalue weighted by Crippen LogP contribution is 2.28. The molecule has 1 aromatic carbocycles. The molecule has 94 valence electrons. The van der Waals surface area contributed by atoms with Gasteiger partial charge in [-0.3, -0.25) is 0 Å². The smallest absolute Gasteiger partial charge is 0.118 e. The van der Waals surface area contributed by atoms with Crippen molar-refractivity contribution in [3.05, 3.63) is 57.8 Å². The van der Waals surface area contributed by atoms with Gasteiger partial charge in [-0.1, -0.05) is 18.7 Å². The average Bonchev–Trinajstić information content (AvgIpc) is 2.69. The molecule has 1 heterocycles. The van der Waals surface area contributed by atoms with Crippen LogP contribution in [0.2, 0.25) is 0 Å². The van der Waals surface area contributed by atoms with E-state index in [1.54, 1.807) is 7.11 Å². The summed E-state index contributed by atoms with van der Waals surface area (Å²) in [7, 11) is 1.69. The zero-order chi connectivity index (χ0) is 13.1. The average molecular weight is 258 g/mol. The second-order valence-corrected chi connectivity index (χ2v) is 5.92. The van der Waals surface area contributed by atoms with Gasteiger partial charge in [-0.15, -0.1) is 11.3 Å². The quantitative estimate of drug-likeness (QED) is 0.777. The van der Waals surface area contributed by atoms with Crippen molar-refractivity contribution in [1.82, 2.24) is 0 Å². The van der Waals surface area contributed by atoms with Crippen molar-refractivity contribution in [2.75, 3.05) is 7.11 Å². The fourth-order valence-corrected chi connectivity index (χ4v) is 3.04. The Bertz CT molecular complexity index is 549. The minimum absolute atomic E-state index is 0.890. The Kier molecular flexibility index (Phi) is 3.87. The third kappa shape index (κ3) is 2.82. The first-order chi connectivity index (χ1) is 8.60. The van der Waals surface area contributed by atoms with E-state index in [1.807, 2.05) is 23.5 Å². The summed E-state index contributed by atoms with van der Waals surface area (Å²) in [6.07, 6.45) is 0.890. The highest BCUT2D eigenvalue weighted by Gasteiger charge is 2.07. The van der Waals surface area contributed by atoms with Crippen LogP contribution in [0.15, 0.2) is 36.9 Å². The van der Waals surface area contributed by atoms with E-state index >= 15 is 0 Å². The molecule has 0 atom stereocenters. The Hall–Kier alpha value is -1.54. The van der Waals surface area contributed by atoms with Crippen LogP contribution >= 0.6 is 11.3 Å². The first-order valence-electron chi connectivity index (χ1n) is 5.98. The zero-order valence-electron chi connectivity index (χ0n) is 11.1. The topological polar surface area (TPSA) is 9.23 Å². The van der Waals surface area contributed by atoms with Crippen molar-refractivity contribution in [1.29, 1.82) is 0 Å². The van der Waals surface area contributed by atoms with Crippen LogP contribution in [0.3, 0.4) is 0 Å². The van der Waals surface area contributed by atoms with E-state index < -0.39 is 0 Å². The molecule has 0 radical (unpaired) electrons. The minimum atomic E-state index is 0.890. The molecule has 0 bridgehead atoms. The Morgan fingerprint density at radius 3 is 2.39 bits per heavy atom. The lowest BCUT2D eigenvalue weighted by Crippen LogP contribution is -1.90. The van der Waals surface area contributed by atoms with E-state index in [0.29, 0.717) is 0 Å². The second kappa shape index (κ2) is 5.40. The Morgan fingerprint density at radius 2 is 1.89 bits per heavy atom. The summed E-state index contributed by atoms with van der Waals surface area (Å²) in [5, 5.41) is 0. The van der Waals surface area contributed by atoms with Gasteiger partial charge in [0.25, 0.3) is 0 Å². The predicted molar refractivity (Wildman–Crippen MR) is 79.5 cm³/mol. The summed E-state index contributed by atoms with van der Waals surface area (Å²) in [6.45, 7) is 8.51. The number of rotatable bonds is 4. The third-order valence-corrected chi connectivity index (χ3v) is 3.96. The maximum absolute atomic E-state index is 5.16. The van der Waals surface area contributed by atoms with Crippen molar-refractivity contribution in [2.24, 2.45) is 0 Å². The van der Waals surface area contributed by atoms with E-state index in [4.69, 9.17) is 4.74 Å². The third-order valence-electron chi connectivity index (χ3n) is 3.00. The number of allylic oxidation sites excluding steroid dienone is 1. The molecule has 0 amide bonds. The molecule has 0 spiro atoms. The van der Waals surface area contributed by atoms with Crippen LogP contribution in [-0.4, -0.2) is 7.11 Å². The number of benzene rings is 1. The number of aryl methyl sites for hydroxylation is 2. The van der Waals surface area contributed by atoms with Gasteiger partial charge in [0, 0.05) is 9.75 Å². The van der Waals surface area contributed by atoms with Gasteiger partial charge in [0.05, 0.1) is 7.11 Å². The summed E-state index contributed by atoms with van der Waals surface area (Å²) in [5.74, 6) is 0.895. The van der Waals surface area contributed by atoms with E-state index in [9.17, 15) is 0 Å². The van der Waals surface area contributed by atoms with Crippen LogP contribution in [0.25, 0.3) is 5.57 Å². The molecular formula is C16H18OS. The second-order valence-electron chi connectivity index (χ2n) is 4.46. The SMILES string of the molecule is C=C(Cc1ccc(OC)cc1)c1cc(C)sc1C. The molecule has 0 aliphatic carbocycles. The van der Waals surface area contributed by atoms with Crippen LogP contribution in [0.1, 0.15) is 20.9 Å². The first-order valence-corrected chi connectivity index (χ1v) is 6.80. The van der Waals surface area contributed by atoms with E-state index in [2.05, 4.69) is 38.6 Å². The van der Waals surface area contributed by atoms with Crippen molar-refractivity contribution in [3.63, 3.8) is 0 Å². The van der Waals surface area contributed by atoms with Crippen molar-refractivity contribution < 1.29 is 4.74 Å². The summed E-state index contributed by atoms with van der Waals surface area (Å²) in [5.41, 5.74) is 3.75. The maximum atomic E-state index is 5.16. The van der Waals surface area contributed by atoms with Gasteiger partial charge in [-0.25, -0.2) is 0 Å². The van der Waals surface area contributed by atoms with Gasteiger partial charge in [0.15, 0.2) is 0 Å². The standard InChI is InChI=1S/C16H18OS/c1-11(16-10-12(2)18-13(16)3)9-14-5-7-15(17-4)8-6-14/h5-8,10H,1,9H2,2-4H3. The Labute approximate surface area is 113 Å². The van der Waals surface area contributed by atoms with Crippen LogP contribution in [0.4, 0.5) is 0 Å². The number of ether oxygens (including phenoxy) is 1. The summed E-state index contributed by atoms with van der Waals surface area (Å²) < 4.78 is 5.16. The molecule has 0 unspecified atom stereocenters. The molecule has 0 saturated heterocycles. The minimum Gasteiger partial charge on any atom is -0.497 e. The van der Waals surface area contributed by atoms with E-state index in [1.165, 1.54) is 26.5 Å². The van der Waals surface area contributed by atoms with Gasteiger partial charge in [-0.05, 0) is 55.2 Å². The fraction of sp³-hybridized carbons (Fsp3) is 0.250. The van der Waals surface area contributed by atoms with Crippen LogP contribution in [0, 0.1) is 13.8 Å². The van der Waals surface area contributed by atoms with E-state index in [-0.39, 0.29) is 0 Å². The van der Waals surface area contributed by atoms with Gasteiger partial charge in [0.1, 0.15) is 5.75 Å². The van der Waals surface area contributed by atoms with Crippen LogP contribution in [0.5, 0.6) is 5.75 Å². The molecule has 1 nitrogen and oxygen atoms in total. The number of hydrogen-bond donors (Lipinski definition) is 0. The zero-order valence-corrected chi connectivity index (χ0v) is 11.9. The molecule has 0 aliphatic rings. The molecule has 0 N–H and O–H groups in total. The Morgan fingerprint density at radius 1 is 1.22 bits per heavy atom. The van der Waals surface area contributed by atoms with E-state index in [0.717, 1.165) is 12.2 Å². The lowest BCUT2D eigenvalue weighted by atomic mass is 10.00. The normalized spacial score (nSPS) is 10.4. The van der Waals surface area contributed by atoms with Crippen molar-refractivity contribution >= 4 is 16.9 Å². The molecule has 2 aromatic rings. The first kappa shape index (κ1) is 12.9. The molecule has 0 aliphatic heterocycles. The lowest BCUT2D eigenvalue weighted by Gasteiger charge is -2.06. The molecule has 0 fully saturated rings.